The summed E-state index contributed by atoms with van der Waals surface area (Å²) in [6.45, 7) is 2.64. The predicted octanol–water partition coefficient (Wildman–Crippen LogP) is 0.906. The van der Waals surface area contributed by atoms with Crippen molar-refractivity contribution < 1.29 is 19.4 Å². The monoisotopic (exact) mass is 251 g/mol. The summed E-state index contributed by atoms with van der Waals surface area (Å²) in [6.07, 6.45) is 0. The van der Waals surface area contributed by atoms with E-state index in [0.717, 1.165) is 4.57 Å². The average molecular weight is 251 g/mol. The van der Waals surface area contributed by atoms with Gasteiger partial charge in [-0.3, -0.25) is 4.57 Å². The maximum absolute atomic E-state index is 11.8. The normalized spacial score (nSPS) is 11.9. The molecule has 6 nitrogen and oxygen atoms in total. The Morgan fingerprint density at radius 2 is 2.11 bits per heavy atom. The van der Waals surface area contributed by atoms with Gasteiger partial charge in [0.1, 0.15) is 5.54 Å². The van der Waals surface area contributed by atoms with Gasteiger partial charge in [0.05, 0.1) is 12.1 Å². The van der Waals surface area contributed by atoms with Gasteiger partial charge in [-0.1, -0.05) is 6.07 Å². The highest BCUT2D eigenvalue weighted by molar-refractivity contribution is 5.81. The molecule has 18 heavy (non-hydrogen) atoms. The van der Waals surface area contributed by atoms with Crippen LogP contribution < -0.4 is 5.76 Å². The van der Waals surface area contributed by atoms with Gasteiger partial charge >= 0.3 is 11.7 Å². The second-order valence-electron chi connectivity index (χ2n) is 4.53. The zero-order chi connectivity index (χ0) is 13.5. The molecular weight excluding hydrogens is 238 g/mol. The first-order valence-corrected chi connectivity index (χ1v) is 5.37. The molecule has 2 N–H and O–H groups in total. The minimum atomic E-state index is -1.42. The molecule has 0 unspecified atom stereocenters. The standard InChI is InChI=1S/C12H13NO5/c1-12(2,10(15)16)13-8-5-7(6-14)3-4-9(8)18-11(13)17/h3-5,14H,6H2,1-2H3,(H,15,16). The third kappa shape index (κ3) is 1.70. The Balaban J connectivity index is 2.81. The minimum Gasteiger partial charge on any atom is -0.480 e. The highest BCUT2D eigenvalue weighted by Gasteiger charge is 2.33. The number of nitrogens with zero attached hydrogens (tertiary/aromatic N) is 1. The van der Waals surface area contributed by atoms with Crippen molar-refractivity contribution in [3.05, 3.63) is 34.3 Å². The van der Waals surface area contributed by atoms with Gasteiger partial charge < -0.3 is 14.6 Å². The summed E-state index contributed by atoms with van der Waals surface area (Å²) in [6, 6.07) is 4.70. The number of aliphatic carboxylic acids is 1. The third-order valence-corrected chi connectivity index (χ3v) is 2.91. The number of carboxylic acid groups (broad SMARTS) is 1. The van der Waals surface area contributed by atoms with Gasteiger partial charge in [-0.2, -0.15) is 0 Å². The Kier molecular flexibility index (Phi) is 2.74. The molecule has 0 saturated heterocycles. The van der Waals surface area contributed by atoms with Crippen molar-refractivity contribution in [3.63, 3.8) is 0 Å². The topological polar surface area (TPSA) is 92.7 Å². The smallest absolute Gasteiger partial charge is 0.420 e. The van der Waals surface area contributed by atoms with E-state index >= 15 is 0 Å². The van der Waals surface area contributed by atoms with Crippen LogP contribution in [0.3, 0.4) is 0 Å². The second-order valence-corrected chi connectivity index (χ2v) is 4.53. The molecule has 1 aromatic carbocycles. The molecule has 0 aliphatic rings. The molecule has 0 fully saturated rings. The zero-order valence-electron chi connectivity index (χ0n) is 10.0. The molecule has 0 bridgehead atoms. The molecule has 2 rings (SSSR count). The Labute approximate surface area is 102 Å². The van der Waals surface area contributed by atoms with E-state index in [1.807, 2.05) is 0 Å². The van der Waals surface area contributed by atoms with Gasteiger partial charge in [0.15, 0.2) is 5.58 Å². The number of carbonyl (C=O) groups is 1. The molecule has 0 radical (unpaired) electrons. The number of benzene rings is 1. The number of hydrogen-bond acceptors (Lipinski definition) is 4. The minimum absolute atomic E-state index is 0.192. The second kappa shape index (κ2) is 3.99. The van der Waals surface area contributed by atoms with Gasteiger partial charge in [0.2, 0.25) is 0 Å². The average Bonchev–Trinajstić information content (AvgIpc) is 2.63. The lowest BCUT2D eigenvalue weighted by molar-refractivity contribution is -0.145. The molecule has 0 amide bonds. The van der Waals surface area contributed by atoms with Crippen LogP contribution in [0.5, 0.6) is 0 Å². The first-order chi connectivity index (χ1) is 8.37. The van der Waals surface area contributed by atoms with Crippen molar-refractivity contribution in [2.24, 2.45) is 0 Å². The lowest BCUT2D eigenvalue weighted by Gasteiger charge is -2.20. The van der Waals surface area contributed by atoms with Crippen LogP contribution in [0.1, 0.15) is 19.4 Å². The largest absolute Gasteiger partial charge is 0.480 e. The van der Waals surface area contributed by atoms with Gasteiger partial charge in [-0.15, -0.1) is 0 Å². The number of aliphatic hydroxyl groups excluding tert-OH is 1. The molecule has 0 aliphatic heterocycles. The molecule has 0 atom stereocenters. The number of oxazole rings is 1. The van der Waals surface area contributed by atoms with Crippen LogP contribution in [0.4, 0.5) is 0 Å². The van der Waals surface area contributed by atoms with Crippen molar-refractivity contribution in [2.75, 3.05) is 0 Å². The van der Waals surface area contributed by atoms with Crippen LogP contribution in [0.2, 0.25) is 0 Å². The van der Waals surface area contributed by atoms with Crippen molar-refractivity contribution in [1.29, 1.82) is 0 Å². The van der Waals surface area contributed by atoms with E-state index in [2.05, 4.69) is 0 Å². The molecule has 1 heterocycles. The molecular formula is C12H13NO5. The molecule has 0 saturated carbocycles. The lowest BCUT2D eigenvalue weighted by Crippen LogP contribution is -2.40. The molecule has 2 aromatic rings. The Hall–Kier alpha value is -2.08. The van der Waals surface area contributed by atoms with Gasteiger partial charge in [0.25, 0.3) is 0 Å². The van der Waals surface area contributed by atoms with E-state index in [-0.39, 0.29) is 6.61 Å². The molecule has 0 spiro atoms. The van der Waals surface area contributed by atoms with Crippen molar-refractivity contribution in [3.8, 4) is 0 Å². The summed E-state index contributed by atoms with van der Waals surface area (Å²) >= 11 is 0. The van der Waals surface area contributed by atoms with Gasteiger partial charge in [-0.25, -0.2) is 9.59 Å². The number of rotatable bonds is 3. The summed E-state index contributed by atoms with van der Waals surface area (Å²) in [5.41, 5.74) is -0.181. The van der Waals surface area contributed by atoms with Crippen LogP contribution in [0.25, 0.3) is 11.1 Å². The summed E-state index contributed by atoms with van der Waals surface area (Å²) in [5, 5.41) is 18.2. The lowest BCUT2D eigenvalue weighted by atomic mass is 10.1. The predicted molar refractivity (Wildman–Crippen MR) is 63.4 cm³/mol. The van der Waals surface area contributed by atoms with Crippen LogP contribution in [0.15, 0.2) is 27.4 Å². The van der Waals surface area contributed by atoms with Crippen molar-refractivity contribution in [1.82, 2.24) is 4.57 Å². The van der Waals surface area contributed by atoms with E-state index in [1.165, 1.54) is 19.9 Å². The highest BCUT2D eigenvalue weighted by Crippen LogP contribution is 2.22. The van der Waals surface area contributed by atoms with Gasteiger partial charge in [0, 0.05) is 0 Å². The van der Waals surface area contributed by atoms with Crippen molar-refractivity contribution in [2.45, 2.75) is 26.0 Å². The maximum atomic E-state index is 11.8. The summed E-state index contributed by atoms with van der Waals surface area (Å²) < 4.78 is 6.07. The maximum Gasteiger partial charge on any atom is 0.420 e. The zero-order valence-corrected chi connectivity index (χ0v) is 10.0. The van der Waals surface area contributed by atoms with E-state index < -0.39 is 17.3 Å². The number of hydrogen-bond donors (Lipinski definition) is 2. The number of carboxylic acids is 1. The van der Waals surface area contributed by atoms with Crippen LogP contribution in [-0.2, 0) is 16.9 Å². The van der Waals surface area contributed by atoms with E-state index in [4.69, 9.17) is 9.52 Å². The van der Waals surface area contributed by atoms with E-state index in [9.17, 15) is 14.7 Å². The highest BCUT2D eigenvalue weighted by atomic mass is 16.4. The fraction of sp³-hybridized carbons (Fsp3) is 0.333. The number of aliphatic hydroxyl groups is 1. The van der Waals surface area contributed by atoms with Crippen molar-refractivity contribution >= 4 is 17.1 Å². The molecule has 1 aromatic heterocycles. The molecule has 0 aliphatic carbocycles. The Bertz CT molecular complexity index is 665. The molecule has 96 valence electrons. The van der Waals surface area contributed by atoms with Crippen LogP contribution >= 0.6 is 0 Å². The Morgan fingerprint density at radius 3 is 2.67 bits per heavy atom. The summed E-state index contributed by atoms with van der Waals surface area (Å²) in [4.78, 5) is 23.0. The van der Waals surface area contributed by atoms with Crippen LogP contribution in [0, 0.1) is 0 Å². The summed E-state index contributed by atoms with van der Waals surface area (Å²) in [5.74, 6) is -1.87. The number of fused-ring (bicyclic) bond motifs is 1. The van der Waals surface area contributed by atoms with E-state index in [1.54, 1.807) is 12.1 Å². The fourth-order valence-electron chi connectivity index (χ4n) is 1.79. The quantitative estimate of drug-likeness (QED) is 0.845. The van der Waals surface area contributed by atoms with Crippen LogP contribution in [-0.4, -0.2) is 20.7 Å². The van der Waals surface area contributed by atoms with Gasteiger partial charge in [-0.05, 0) is 31.5 Å². The fourth-order valence-corrected chi connectivity index (χ4v) is 1.79. The first kappa shape index (κ1) is 12.4. The first-order valence-electron chi connectivity index (χ1n) is 5.37. The summed E-state index contributed by atoms with van der Waals surface area (Å²) in [7, 11) is 0. The Morgan fingerprint density at radius 1 is 1.44 bits per heavy atom. The SMILES string of the molecule is CC(C)(C(=O)O)n1c(=O)oc2ccc(CO)cc21. The van der Waals surface area contributed by atoms with E-state index in [0.29, 0.717) is 16.7 Å². The third-order valence-electron chi connectivity index (χ3n) is 2.91. The molecule has 6 heteroatoms. The number of aromatic nitrogens is 1.